The summed E-state index contributed by atoms with van der Waals surface area (Å²) in [4.78, 5) is 18.3. The number of carbonyl (C=O) groups is 1. The van der Waals surface area contributed by atoms with Crippen molar-refractivity contribution in [1.82, 2.24) is 10.2 Å². The lowest BCUT2D eigenvalue weighted by molar-refractivity contribution is 0.148. The maximum atomic E-state index is 11.9. The third-order valence-electron chi connectivity index (χ3n) is 3.93. The van der Waals surface area contributed by atoms with Crippen LogP contribution >= 0.6 is 23.2 Å². The van der Waals surface area contributed by atoms with Gasteiger partial charge in [0, 0.05) is 6.54 Å². The molecule has 1 aliphatic rings. The van der Waals surface area contributed by atoms with Gasteiger partial charge in [-0.15, -0.1) is 0 Å². The predicted octanol–water partition coefficient (Wildman–Crippen LogP) is 4.64. The summed E-state index contributed by atoms with van der Waals surface area (Å²) in [6.07, 6.45) is 2.55. The van der Waals surface area contributed by atoms with Crippen molar-refractivity contribution in [2.75, 3.05) is 19.7 Å². The van der Waals surface area contributed by atoms with E-state index in [1.807, 2.05) is 24.0 Å². The van der Waals surface area contributed by atoms with E-state index in [4.69, 9.17) is 27.9 Å². The molecule has 24 heavy (non-hydrogen) atoms. The SMILES string of the molecule is CCCCCOC(=O)NC1=NCC(c2ccc(Cl)c(Cl)c2)N1CC. The highest BCUT2D eigenvalue weighted by molar-refractivity contribution is 6.42. The standard InChI is InChI=1S/C17H23Cl2N3O2/c1-3-5-6-9-24-17(23)21-16-20-11-15(22(16)4-2)12-7-8-13(18)14(19)10-12/h7-8,10,15H,3-6,9,11H2,1-2H3,(H,20,21,23). The topological polar surface area (TPSA) is 53.9 Å². The number of likely N-dealkylation sites (N-methyl/N-ethyl adjacent to an activating group) is 1. The second-order valence-corrected chi connectivity index (χ2v) is 6.42. The number of amides is 1. The van der Waals surface area contributed by atoms with E-state index >= 15 is 0 Å². The Hall–Kier alpha value is -1.46. The van der Waals surface area contributed by atoms with Crippen LogP contribution in [0, 0.1) is 0 Å². The largest absolute Gasteiger partial charge is 0.449 e. The molecule has 1 heterocycles. The summed E-state index contributed by atoms with van der Waals surface area (Å²) in [6.45, 7) is 5.81. The Morgan fingerprint density at radius 3 is 2.79 bits per heavy atom. The van der Waals surface area contributed by atoms with Gasteiger partial charge in [-0.1, -0.05) is 49.0 Å². The number of halogens is 2. The number of guanidine groups is 1. The lowest BCUT2D eigenvalue weighted by Gasteiger charge is -2.26. The van der Waals surface area contributed by atoms with E-state index in [1.165, 1.54) is 0 Å². The van der Waals surface area contributed by atoms with E-state index in [-0.39, 0.29) is 6.04 Å². The zero-order chi connectivity index (χ0) is 17.5. The Balaban J connectivity index is 1.95. The number of hydrogen-bond donors (Lipinski definition) is 1. The van der Waals surface area contributed by atoms with Crippen molar-refractivity contribution in [2.24, 2.45) is 4.99 Å². The number of hydrogen-bond acceptors (Lipinski definition) is 4. The van der Waals surface area contributed by atoms with Crippen LogP contribution in [-0.2, 0) is 4.74 Å². The van der Waals surface area contributed by atoms with E-state index in [1.54, 1.807) is 6.07 Å². The predicted molar refractivity (Wildman–Crippen MR) is 97.9 cm³/mol. The smallest absolute Gasteiger partial charge is 0.413 e. The molecular weight excluding hydrogens is 349 g/mol. The van der Waals surface area contributed by atoms with Crippen molar-refractivity contribution in [3.63, 3.8) is 0 Å². The molecule has 1 unspecified atom stereocenters. The molecule has 1 aliphatic heterocycles. The van der Waals surface area contributed by atoms with E-state index in [0.29, 0.717) is 35.7 Å². The Morgan fingerprint density at radius 2 is 2.12 bits per heavy atom. The Kier molecular flexibility index (Phi) is 7.18. The molecule has 132 valence electrons. The number of unbranched alkanes of at least 4 members (excludes halogenated alkanes) is 2. The Labute approximate surface area is 153 Å². The summed E-state index contributed by atoms with van der Waals surface area (Å²) in [5.74, 6) is 0.536. The van der Waals surface area contributed by atoms with Gasteiger partial charge >= 0.3 is 6.09 Å². The van der Waals surface area contributed by atoms with Gasteiger partial charge in [0.15, 0.2) is 0 Å². The average Bonchev–Trinajstić information content (AvgIpc) is 2.96. The number of rotatable bonds is 6. The zero-order valence-corrected chi connectivity index (χ0v) is 15.5. The number of alkyl carbamates (subject to hydrolysis) is 1. The van der Waals surface area contributed by atoms with Gasteiger partial charge in [0.05, 0.1) is 29.2 Å². The number of nitrogens with zero attached hydrogens (tertiary/aromatic N) is 2. The molecule has 7 heteroatoms. The fraction of sp³-hybridized carbons (Fsp3) is 0.529. The fourth-order valence-electron chi connectivity index (χ4n) is 2.64. The van der Waals surface area contributed by atoms with E-state index in [2.05, 4.69) is 17.2 Å². The maximum absolute atomic E-state index is 11.9. The molecular formula is C17H23Cl2N3O2. The first-order valence-corrected chi connectivity index (χ1v) is 9.02. The summed E-state index contributed by atoms with van der Waals surface area (Å²) in [7, 11) is 0. The van der Waals surface area contributed by atoms with Gasteiger partial charge in [-0.25, -0.2) is 4.79 Å². The van der Waals surface area contributed by atoms with Gasteiger partial charge in [-0.05, 0) is 31.0 Å². The molecule has 0 saturated carbocycles. The van der Waals surface area contributed by atoms with E-state index < -0.39 is 6.09 Å². The van der Waals surface area contributed by atoms with Gasteiger partial charge in [0.25, 0.3) is 0 Å². The second kappa shape index (κ2) is 9.14. The Morgan fingerprint density at radius 1 is 1.33 bits per heavy atom. The molecule has 0 aliphatic carbocycles. The quantitative estimate of drug-likeness (QED) is 0.740. The molecule has 1 aromatic rings. The number of carbonyl (C=O) groups excluding carboxylic acids is 1. The third-order valence-corrected chi connectivity index (χ3v) is 4.67. The summed E-state index contributed by atoms with van der Waals surface area (Å²) < 4.78 is 5.18. The van der Waals surface area contributed by atoms with Crippen LogP contribution < -0.4 is 5.32 Å². The highest BCUT2D eigenvalue weighted by Gasteiger charge is 2.29. The van der Waals surface area contributed by atoms with Gasteiger partial charge in [-0.2, -0.15) is 0 Å². The number of benzene rings is 1. The van der Waals surface area contributed by atoms with Crippen LogP contribution in [0.15, 0.2) is 23.2 Å². The third kappa shape index (κ3) is 4.77. The molecule has 2 rings (SSSR count). The lowest BCUT2D eigenvalue weighted by Crippen LogP contribution is -2.42. The minimum absolute atomic E-state index is 0.0279. The minimum Gasteiger partial charge on any atom is -0.449 e. The van der Waals surface area contributed by atoms with Crippen LogP contribution in [0.1, 0.15) is 44.7 Å². The van der Waals surface area contributed by atoms with Gasteiger partial charge in [-0.3, -0.25) is 10.3 Å². The molecule has 0 bridgehead atoms. The van der Waals surface area contributed by atoms with Crippen molar-refractivity contribution in [3.05, 3.63) is 33.8 Å². The molecule has 1 amide bonds. The minimum atomic E-state index is -0.460. The molecule has 0 saturated heterocycles. The molecule has 1 N–H and O–H groups in total. The monoisotopic (exact) mass is 371 g/mol. The van der Waals surface area contributed by atoms with Gasteiger partial charge in [0.1, 0.15) is 0 Å². The van der Waals surface area contributed by atoms with Crippen LogP contribution in [0.2, 0.25) is 10.0 Å². The number of aliphatic imine (C=N–C) groups is 1. The Bertz CT molecular complexity index is 607. The van der Waals surface area contributed by atoms with Crippen molar-refractivity contribution < 1.29 is 9.53 Å². The van der Waals surface area contributed by atoms with Crippen molar-refractivity contribution in [2.45, 2.75) is 39.2 Å². The van der Waals surface area contributed by atoms with Gasteiger partial charge in [0.2, 0.25) is 5.96 Å². The summed E-state index contributed by atoms with van der Waals surface area (Å²) in [6, 6.07) is 5.59. The van der Waals surface area contributed by atoms with Crippen LogP contribution in [0.4, 0.5) is 4.79 Å². The molecule has 0 aromatic heterocycles. The number of ether oxygens (including phenoxy) is 1. The lowest BCUT2D eigenvalue weighted by atomic mass is 10.1. The van der Waals surface area contributed by atoms with E-state index in [0.717, 1.165) is 24.8 Å². The van der Waals surface area contributed by atoms with Crippen LogP contribution in [0.5, 0.6) is 0 Å². The molecule has 5 nitrogen and oxygen atoms in total. The first-order chi connectivity index (χ1) is 11.6. The fourth-order valence-corrected chi connectivity index (χ4v) is 2.95. The zero-order valence-electron chi connectivity index (χ0n) is 14.0. The molecule has 1 aromatic carbocycles. The van der Waals surface area contributed by atoms with Gasteiger partial charge < -0.3 is 9.64 Å². The highest BCUT2D eigenvalue weighted by Crippen LogP contribution is 2.30. The summed E-state index contributed by atoms with van der Waals surface area (Å²) in [5, 5.41) is 3.78. The van der Waals surface area contributed by atoms with Crippen molar-refractivity contribution in [1.29, 1.82) is 0 Å². The summed E-state index contributed by atoms with van der Waals surface area (Å²) >= 11 is 12.1. The summed E-state index contributed by atoms with van der Waals surface area (Å²) in [5.41, 5.74) is 1.02. The molecule has 1 atom stereocenters. The maximum Gasteiger partial charge on any atom is 0.413 e. The normalized spacial score (nSPS) is 16.9. The first kappa shape index (κ1) is 18.9. The number of nitrogens with one attached hydrogen (secondary N) is 1. The van der Waals surface area contributed by atoms with Crippen LogP contribution in [0.3, 0.4) is 0 Å². The molecule has 0 radical (unpaired) electrons. The van der Waals surface area contributed by atoms with Crippen molar-refractivity contribution in [3.8, 4) is 0 Å². The molecule has 0 fully saturated rings. The van der Waals surface area contributed by atoms with Crippen LogP contribution in [0.25, 0.3) is 0 Å². The average molecular weight is 372 g/mol. The van der Waals surface area contributed by atoms with E-state index in [9.17, 15) is 4.79 Å². The molecule has 0 spiro atoms. The first-order valence-electron chi connectivity index (χ1n) is 8.26. The second-order valence-electron chi connectivity index (χ2n) is 5.61. The van der Waals surface area contributed by atoms with Crippen molar-refractivity contribution >= 4 is 35.3 Å². The highest BCUT2D eigenvalue weighted by atomic mass is 35.5. The van der Waals surface area contributed by atoms with Crippen LogP contribution in [-0.4, -0.2) is 36.6 Å².